The van der Waals surface area contributed by atoms with Crippen molar-refractivity contribution >= 4 is 5.97 Å². The summed E-state index contributed by atoms with van der Waals surface area (Å²) in [6.07, 6.45) is 0.979. The van der Waals surface area contributed by atoms with Gasteiger partial charge in [-0.25, -0.2) is 0 Å². The van der Waals surface area contributed by atoms with Crippen LogP contribution in [0.3, 0.4) is 0 Å². The number of esters is 1. The first-order valence-corrected chi connectivity index (χ1v) is 3.91. The highest BCUT2D eigenvalue weighted by molar-refractivity contribution is 5.70. The van der Waals surface area contributed by atoms with E-state index >= 15 is 0 Å². The van der Waals surface area contributed by atoms with Crippen molar-refractivity contribution in [2.75, 3.05) is 0 Å². The van der Waals surface area contributed by atoms with Gasteiger partial charge in [-0.1, -0.05) is 0 Å². The van der Waals surface area contributed by atoms with Crippen LogP contribution in [-0.2, 0) is 9.53 Å². The van der Waals surface area contributed by atoms with Gasteiger partial charge in [0.15, 0.2) is 6.04 Å². The molecule has 2 heterocycles. The maximum Gasteiger partial charge on any atom is 0.312 e. The predicted molar refractivity (Wildman–Crippen MR) is 36.7 cm³/mol. The Morgan fingerprint density at radius 1 is 1.64 bits per heavy atom. The first-order chi connectivity index (χ1) is 5.18. The second kappa shape index (κ2) is 2.19. The fraction of sp³-hybridized carbons (Fsp3) is 0.857. The van der Waals surface area contributed by atoms with Crippen LogP contribution in [0, 0.1) is 5.21 Å². The molecule has 0 aliphatic carbocycles. The number of hydrogen-bond acceptors (Lipinski definition) is 3. The number of hydrogen-bond donors (Lipinski definition) is 1. The van der Waals surface area contributed by atoms with E-state index in [1.54, 1.807) is 0 Å². The number of carbonyl (C=O) groups excluding carboxylic acids is 1. The highest BCUT2D eigenvalue weighted by Gasteiger charge is 2.52. The zero-order valence-electron chi connectivity index (χ0n) is 6.37. The van der Waals surface area contributed by atoms with Gasteiger partial charge in [0.05, 0.1) is 0 Å². The van der Waals surface area contributed by atoms with Crippen LogP contribution < -0.4 is 5.06 Å². The van der Waals surface area contributed by atoms with Crippen molar-refractivity contribution in [3.8, 4) is 0 Å². The first kappa shape index (κ1) is 7.06. The molecule has 4 atom stereocenters. The molecule has 2 aliphatic rings. The fourth-order valence-corrected chi connectivity index (χ4v) is 1.73. The smallest absolute Gasteiger partial charge is 0.312 e. The second-order valence-corrected chi connectivity index (χ2v) is 3.36. The molecule has 11 heavy (non-hydrogen) atoms. The topological polar surface area (TPSA) is 53.8 Å². The summed E-state index contributed by atoms with van der Waals surface area (Å²) in [5.41, 5.74) is 0. The first-order valence-electron chi connectivity index (χ1n) is 3.91. The van der Waals surface area contributed by atoms with E-state index in [1.165, 1.54) is 0 Å². The monoisotopic (exact) mass is 157 g/mol. The molecule has 0 spiro atoms. The number of hydroxylamine groups is 2. The molecule has 4 heteroatoms. The van der Waals surface area contributed by atoms with Crippen LogP contribution in [0.15, 0.2) is 0 Å². The van der Waals surface area contributed by atoms with Crippen molar-refractivity contribution in [2.45, 2.75) is 38.0 Å². The van der Waals surface area contributed by atoms with Crippen molar-refractivity contribution in [3.63, 3.8) is 0 Å². The van der Waals surface area contributed by atoms with Gasteiger partial charge in [0, 0.05) is 6.42 Å². The van der Waals surface area contributed by atoms with Crippen molar-refractivity contribution < 1.29 is 14.6 Å². The standard InChI is InChI=1S/C7H11NO3/c1-4-2-5-6(8(5)10)3-7(9)11-4/h4-6,8H,2-3H2,1H3/t4-,5?,6?/m1/s1. The molecule has 2 aliphatic heterocycles. The van der Waals surface area contributed by atoms with Gasteiger partial charge in [-0.05, 0) is 6.92 Å². The van der Waals surface area contributed by atoms with E-state index < -0.39 is 0 Å². The summed E-state index contributed by atoms with van der Waals surface area (Å²) in [6, 6.07) is 0.142. The molecule has 2 fully saturated rings. The molecule has 0 saturated carbocycles. The molecule has 0 aromatic heterocycles. The zero-order valence-corrected chi connectivity index (χ0v) is 6.37. The summed E-state index contributed by atoms with van der Waals surface area (Å²) < 4.78 is 4.97. The molecule has 62 valence electrons. The lowest BCUT2D eigenvalue weighted by molar-refractivity contribution is -0.730. The molecule has 0 aromatic carbocycles. The van der Waals surface area contributed by atoms with Gasteiger partial charge in [0.1, 0.15) is 18.6 Å². The zero-order chi connectivity index (χ0) is 8.01. The lowest BCUT2D eigenvalue weighted by Gasteiger charge is -2.11. The minimum Gasteiger partial charge on any atom is -0.634 e. The van der Waals surface area contributed by atoms with Crippen LogP contribution in [-0.4, -0.2) is 24.2 Å². The second-order valence-electron chi connectivity index (χ2n) is 3.36. The average Bonchev–Trinajstić information content (AvgIpc) is 2.49. The summed E-state index contributed by atoms with van der Waals surface area (Å²) in [6.45, 7) is 1.84. The fourth-order valence-electron chi connectivity index (χ4n) is 1.73. The SMILES string of the molecule is C[C@@H]1CC2C(CC(=O)O1)[NH+]2[O-]. The van der Waals surface area contributed by atoms with Gasteiger partial charge in [-0.15, -0.1) is 0 Å². The molecule has 0 amide bonds. The molecule has 3 unspecified atom stereocenters. The lowest BCUT2D eigenvalue weighted by Crippen LogP contribution is -2.90. The van der Waals surface area contributed by atoms with Gasteiger partial charge in [0.25, 0.3) is 0 Å². The van der Waals surface area contributed by atoms with Gasteiger partial charge in [-0.3, -0.25) is 4.79 Å². The third-order valence-electron chi connectivity index (χ3n) is 2.41. The molecule has 0 bridgehead atoms. The number of quaternary nitrogens is 1. The van der Waals surface area contributed by atoms with Crippen LogP contribution in [0.2, 0.25) is 0 Å². The summed E-state index contributed by atoms with van der Waals surface area (Å²) in [5, 5.41) is 11.2. The van der Waals surface area contributed by atoms with Crippen LogP contribution >= 0.6 is 0 Å². The molecule has 0 aromatic rings. The molecule has 2 saturated heterocycles. The quantitative estimate of drug-likeness (QED) is 0.274. The maximum absolute atomic E-state index is 11.0. The van der Waals surface area contributed by atoms with E-state index in [2.05, 4.69) is 0 Å². The van der Waals surface area contributed by atoms with Crippen molar-refractivity contribution in [1.82, 2.24) is 0 Å². The van der Waals surface area contributed by atoms with Crippen molar-refractivity contribution in [1.29, 1.82) is 0 Å². The molecule has 4 nitrogen and oxygen atoms in total. The number of ether oxygens (including phenoxy) is 1. The van der Waals surface area contributed by atoms with Gasteiger partial charge in [-0.2, -0.15) is 0 Å². The number of cyclic esters (lactones) is 1. The van der Waals surface area contributed by atoms with E-state index in [0.717, 1.165) is 6.42 Å². The molecule has 1 N–H and O–H groups in total. The Hall–Kier alpha value is -0.610. The van der Waals surface area contributed by atoms with Crippen LogP contribution in [0.5, 0.6) is 0 Å². The Balaban J connectivity index is 2.05. The normalized spacial score (nSPS) is 49.1. The van der Waals surface area contributed by atoms with Gasteiger partial charge < -0.3 is 15.0 Å². The Bertz CT molecular complexity index is 194. The van der Waals surface area contributed by atoms with Crippen LogP contribution in [0.1, 0.15) is 19.8 Å². The van der Waals surface area contributed by atoms with Gasteiger partial charge in [0.2, 0.25) is 0 Å². The molecule has 0 radical (unpaired) electrons. The Kier molecular flexibility index (Phi) is 1.40. The minimum atomic E-state index is -0.212. The Labute approximate surface area is 64.7 Å². The van der Waals surface area contributed by atoms with E-state index in [9.17, 15) is 10.0 Å². The summed E-state index contributed by atoms with van der Waals surface area (Å²) in [4.78, 5) is 10.9. The lowest BCUT2D eigenvalue weighted by atomic mass is 10.2. The molecule has 2 rings (SSSR count). The van der Waals surface area contributed by atoms with Crippen LogP contribution in [0.4, 0.5) is 0 Å². The largest absolute Gasteiger partial charge is 0.634 e. The number of nitrogens with one attached hydrogen (secondary N) is 1. The third kappa shape index (κ3) is 1.12. The number of fused-ring (bicyclic) bond motifs is 1. The van der Waals surface area contributed by atoms with E-state index in [-0.39, 0.29) is 29.2 Å². The van der Waals surface area contributed by atoms with Crippen molar-refractivity contribution in [2.24, 2.45) is 0 Å². The average molecular weight is 157 g/mol. The summed E-state index contributed by atoms with van der Waals surface area (Å²) in [7, 11) is 0. The summed E-state index contributed by atoms with van der Waals surface area (Å²) in [5.74, 6) is -0.212. The Morgan fingerprint density at radius 3 is 3.09 bits per heavy atom. The molecular formula is C7H11NO3. The molecular weight excluding hydrogens is 146 g/mol. The minimum absolute atomic E-state index is 0.00690. The predicted octanol–water partition coefficient (Wildman–Crippen LogP) is -1.15. The van der Waals surface area contributed by atoms with Crippen molar-refractivity contribution in [3.05, 3.63) is 5.21 Å². The summed E-state index contributed by atoms with van der Waals surface area (Å²) >= 11 is 0. The highest BCUT2D eigenvalue weighted by Crippen LogP contribution is 2.19. The van der Waals surface area contributed by atoms with Gasteiger partial charge >= 0.3 is 5.97 Å². The van der Waals surface area contributed by atoms with E-state index in [4.69, 9.17) is 4.74 Å². The number of carbonyl (C=O) groups is 1. The van der Waals surface area contributed by atoms with E-state index in [1.807, 2.05) is 6.92 Å². The van der Waals surface area contributed by atoms with E-state index in [0.29, 0.717) is 6.42 Å². The van der Waals surface area contributed by atoms with Crippen LogP contribution in [0.25, 0.3) is 0 Å². The highest BCUT2D eigenvalue weighted by atomic mass is 16.6. The Morgan fingerprint density at radius 2 is 2.36 bits per heavy atom. The maximum atomic E-state index is 11.0. The number of rotatable bonds is 0. The third-order valence-corrected chi connectivity index (χ3v) is 2.41.